The number of carbonyl (C=O) groups excluding carboxylic acids is 1. The van der Waals surface area contributed by atoms with Crippen LogP contribution in [0.15, 0.2) is 54.6 Å². The predicted molar refractivity (Wildman–Crippen MR) is 115 cm³/mol. The number of nitrogens with zero attached hydrogens (tertiary/aromatic N) is 4. The Morgan fingerprint density at radius 3 is 2.13 bits per heavy atom. The minimum Gasteiger partial charge on any atom is -0.336 e. The second-order valence-corrected chi connectivity index (χ2v) is 8.13. The van der Waals surface area contributed by atoms with E-state index in [1.807, 2.05) is 4.90 Å². The highest BCUT2D eigenvalue weighted by Gasteiger charge is 2.29. The Kier molecular flexibility index (Phi) is 6.40. The Morgan fingerprint density at radius 2 is 1.53 bits per heavy atom. The fourth-order valence-electron chi connectivity index (χ4n) is 4.48. The van der Waals surface area contributed by atoms with Crippen molar-refractivity contribution in [2.75, 3.05) is 39.3 Å². The predicted octanol–water partition coefficient (Wildman–Crippen LogP) is 3.02. The van der Waals surface area contributed by atoms with Gasteiger partial charge >= 0.3 is 0 Å². The summed E-state index contributed by atoms with van der Waals surface area (Å²) in [6.45, 7) is 6.44. The Morgan fingerprint density at radius 1 is 0.900 bits per heavy atom. The maximum atomic E-state index is 12.7. The Hall–Kier alpha value is -2.77. The number of benzene rings is 2. The molecule has 2 aromatic carbocycles. The standard InChI is InChI=1S/C23H28N4O3/c28-23(20-6-8-22(9-7-20)27(29)30)26-16-14-25(15-17-26)21-10-12-24(13-11-21)18-19-4-2-1-3-5-19/h1-9,21H,10-18H2. The SMILES string of the molecule is O=C(c1ccc([N+](=O)[O-])cc1)N1CCN(C2CCN(Cc3ccccc3)CC2)CC1. The Balaban J connectivity index is 1.24. The summed E-state index contributed by atoms with van der Waals surface area (Å²) in [6.07, 6.45) is 2.34. The van der Waals surface area contributed by atoms with Crippen molar-refractivity contribution in [2.24, 2.45) is 0 Å². The maximum absolute atomic E-state index is 12.7. The molecule has 0 aromatic heterocycles. The van der Waals surface area contributed by atoms with Gasteiger partial charge in [-0.3, -0.25) is 24.7 Å². The lowest BCUT2D eigenvalue weighted by Crippen LogP contribution is -2.54. The molecule has 7 nitrogen and oxygen atoms in total. The van der Waals surface area contributed by atoms with Gasteiger partial charge in [0.25, 0.3) is 11.6 Å². The molecule has 2 aliphatic rings. The molecule has 0 unspecified atom stereocenters. The van der Waals surface area contributed by atoms with E-state index in [0.29, 0.717) is 24.7 Å². The number of hydrogen-bond donors (Lipinski definition) is 0. The number of piperidine rings is 1. The number of non-ortho nitro benzene ring substituents is 1. The number of nitro groups is 1. The van der Waals surface area contributed by atoms with Crippen LogP contribution in [0.5, 0.6) is 0 Å². The summed E-state index contributed by atoms with van der Waals surface area (Å²) in [5.74, 6) is -0.0396. The molecule has 2 fully saturated rings. The quantitative estimate of drug-likeness (QED) is 0.562. The van der Waals surface area contributed by atoms with Gasteiger partial charge in [-0.1, -0.05) is 30.3 Å². The first-order valence-corrected chi connectivity index (χ1v) is 10.6. The molecule has 2 aliphatic heterocycles. The van der Waals surface area contributed by atoms with Crippen molar-refractivity contribution < 1.29 is 9.72 Å². The topological polar surface area (TPSA) is 69.9 Å². The summed E-state index contributed by atoms with van der Waals surface area (Å²) in [4.78, 5) is 30.0. The van der Waals surface area contributed by atoms with E-state index in [2.05, 4.69) is 40.1 Å². The number of hydrogen-bond acceptors (Lipinski definition) is 5. The minimum atomic E-state index is -0.446. The summed E-state index contributed by atoms with van der Waals surface area (Å²) in [7, 11) is 0. The number of piperazine rings is 1. The van der Waals surface area contributed by atoms with E-state index in [9.17, 15) is 14.9 Å². The van der Waals surface area contributed by atoms with Crippen LogP contribution in [0.1, 0.15) is 28.8 Å². The largest absolute Gasteiger partial charge is 0.336 e. The van der Waals surface area contributed by atoms with Crippen LogP contribution in [0, 0.1) is 10.1 Å². The molecule has 4 rings (SSSR count). The van der Waals surface area contributed by atoms with Gasteiger partial charge in [0.1, 0.15) is 0 Å². The summed E-state index contributed by atoms with van der Waals surface area (Å²) >= 11 is 0. The van der Waals surface area contributed by atoms with Gasteiger partial charge < -0.3 is 4.90 Å². The average molecular weight is 409 g/mol. The molecule has 7 heteroatoms. The second kappa shape index (κ2) is 9.36. The first-order valence-electron chi connectivity index (χ1n) is 10.6. The van der Waals surface area contributed by atoms with Gasteiger partial charge in [0, 0.05) is 56.5 Å². The Bertz CT molecular complexity index is 856. The number of rotatable bonds is 5. The average Bonchev–Trinajstić information content (AvgIpc) is 2.80. The van der Waals surface area contributed by atoms with Crippen LogP contribution in [0.2, 0.25) is 0 Å². The lowest BCUT2D eigenvalue weighted by atomic mass is 10.0. The molecule has 0 spiro atoms. The van der Waals surface area contributed by atoms with Gasteiger partial charge in [-0.05, 0) is 43.6 Å². The lowest BCUT2D eigenvalue weighted by Gasteiger charge is -2.42. The molecule has 0 saturated carbocycles. The molecular formula is C23H28N4O3. The third-order valence-corrected chi connectivity index (χ3v) is 6.25. The summed E-state index contributed by atoms with van der Waals surface area (Å²) in [6, 6.07) is 17.1. The first-order chi connectivity index (χ1) is 14.6. The van der Waals surface area contributed by atoms with Crippen molar-refractivity contribution in [3.05, 3.63) is 75.8 Å². The summed E-state index contributed by atoms with van der Waals surface area (Å²) in [5.41, 5.74) is 1.90. The van der Waals surface area contributed by atoms with E-state index in [4.69, 9.17) is 0 Å². The molecule has 2 aromatic rings. The van der Waals surface area contributed by atoms with Gasteiger partial charge in [-0.25, -0.2) is 0 Å². The zero-order valence-corrected chi connectivity index (χ0v) is 17.2. The molecule has 30 heavy (non-hydrogen) atoms. The van der Waals surface area contributed by atoms with Crippen LogP contribution in [0.3, 0.4) is 0 Å². The second-order valence-electron chi connectivity index (χ2n) is 8.13. The fraction of sp³-hybridized carbons (Fsp3) is 0.435. The smallest absolute Gasteiger partial charge is 0.269 e. The minimum absolute atomic E-state index is 0.00924. The summed E-state index contributed by atoms with van der Waals surface area (Å²) in [5, 5.41) is 10.8. The summed E-state index contributed by atoms with van der Waals surface area (Å²) < 4.78 is 0. The zero-order chi connectivity index (χ0) is 20.9. The molecule has 1 amide bonds. The fourth-order valence-corrected chi connectivity index (χ4v) is 4.48. The first kappa shape index (κ1) is 20.5. The monoisotopic (exact) mass is 408 g/mol. The van der Waals surface area contributed by atoms with E-state index in [0.717, 1.165) is 32.7 Å². The van der Waals surface area contributed by atoms with Crippen LogP contribution in [0.4, 0.5) is 5.69 Å². The molecule has 0 bridgehead atoms. The lowest BCUT2D eigenvalue weighted by molar-refractivity contribution is -0.384. The highest BCUT2D eigenvalue weighted by Crippen LogP contribution is 2.21. The van der Waals surface area contributed by atoms with E-state index >= 15 is 0 Å². The van der Waals surface area contributed by atoms with E-state index < -0.39 is 4.92 Å². The maximum Gasteiger partial charge on any atom is 0.269 e. The van der Waals surface area contributed by atoms with E-state index in [-0.39, 0.29) is 11.6 Å². The number of nitro benzene ring substituents is 1. The number of likely N-dealkylation sites (tertiary alicyclic amines) is 1. The van der Waals surface area contributed by atoms with Gasteiger partial charge in [-0.2, -0.15) is 0 Å². The van der Waals surface area contributed by atoms with Crippen LogP contribution in [-0.4, -0.2) is 70.8 Å². The van der Waals surface area contributed by atoms with Crippen LogP contribution in [-0.2, 0) is 6.54 Å². The molecule has 2 saturated heterocycles. The highest BCUT2D eigenvalue weighted by molar-refractivity contribution is 5.94. The van der Waals surface area contributed by atoms with Gasteiger partial charge in [0.2, 0.25) is 0 Å². The molecule has 0 aliphatic carbocycles. The van der Waals surface area contributed by atoms with Crippen molar-refractivity contribution in [2.45, 2.75) is 25.4 Å². The van der Waals surface area contributed by atoms with Crippen molar-refractivity contribution in [3.8, 4) is 0 Å². The van der Waals surface area contributed by atoms with Gasteiger partial charge in [0.05, 0.1) is 4.92 Å². The van der Waals surface area contributed by atoms with Gasteiger partial charge in [-0.15, -0.1) is 0 Å². The number of amides is 1. The molecule has 2 heterocycles. The van der Waals surface area contributed by atoms with Gasteiger partial charge in [0.15, 0.2) is 0 Å². The van der Waals surface area contributed by atoms with Crippen LogP contribution >= 0.6 is 0 Å². The van der Waals surface area contributed by atoms with Crippen molar-refractivity contribution in [3.63, 3.8) is 0 Å². The highest BCUT2D eigenvalue weighted by atomic mass is 16.6. The van der Waals surface area contributed by atoms with Crippen LogP contribution < -0.4 is 0 Å². The van der Waals surface area contributed by atoms with E-state index in [1.54, 1.807) is 12.1 Å². The zero-order valence-electron chi connectivity index (χ0n) is 17.2. The van der Waals surface area contributed by atoms with Crippen molar-refractivity contribution in [1.29, 1.82) is 0 Å². The Labute approximate surface area is 177 Å². The third kappa shape index (κ3) is 4.86. The molecular weight excluding hydrogens is 380 g/mol. The van der Waals surface area contributed by atoms with Crippen molar-refractivity contribution >= 4 is 11.6 Å². The third-order valence-electron chi connectivity index (χ3n) is 6.25. The number of carbonyl (C=O) groups is 1. The molecule has 0 radical (unpaired) electrons. The van der Waals surface area contributed by atoms with Crippen molar-refractivity contribution in [1.82, 2.24) is 14.7 Å². The normalized spacial score (nSPS) is 19.0. The molecule has 0 atom stereocenters. The van der Waals surface area contributed by atoms with Crippen LogP contribution in [0.25, 0.3) is 0 Å². The molecule has 158 valence electrons. The molecule has 0 N–H and O–H groups in total. The van der Waals surface area contributed by atoms with E-state index in [1.165, 1.54) is 30.5 Å².